The summed E-state index contributed by atoms with van der Waals surface area (Å²) in [5.41, 5.74) is 0. The Kier molecular flexibility index (Phi) is 5.20. The van der Waals surface area contributed by atoms with E-state index in [-0.39, 0.29) is 17.6 Å². The molecule has 1 amide bonds. The minimum atomic E-state index is -4.64. The van der Waals surface area contributed by atoms with Crippen molar-refractivity contribution in [1.82, 2.24) is 40.6 Å². The first-order chi connectivity index (χ1) is 12.3. The summed E-state index contributed by atoms with van der Waals surface area (Å²) in [5, 5.41) is 15.2. The van der Waals surface area contributed by atoms with E-state index < -0.39 is 17.9 Å². The number of alkyl halides is 3. The Morgan fingerprint density at radius 3 is 2.85 bits per heavy atom. The molecule has 0 spiro atoms. The van der Waals surface area contributed by atoms with Gasteiger partial charge >= 0.3 is 6.18 Å². The van der Waals surface area contributed by atoms with Crippen LogP contribution in [0.5, 0.6) is 0 Å². The van der Waals surface area contributed by atoms with Gasteiger partial charge < -0.3 is 10.6 Å². The van der Waals surface area contributed by atoms with Crippen LogP contribution in [0.3, 0.4) is 0 Å². The first-order valence-corrected chi connectivity index (χ1v) is 8.27. The van der Waals surface area contributed by atoms with Gasteiger partial charge in [-0.2, -0.15) is 22.8 Å². The molecular weight excluding hydrogens is 353 g/mol. The van der Waals surface area contributed by atoms with Gasteiger partial charge in [0.2, 0.25) is 11.6 Å². The molecule has 3 N–H and O–H groups in total. The number of carbonyl (C=O) groups is 1. The van der Waals surface area contributed by atoms with Gasteiger partial charge in [0.25, 0.3) is 11.9 Å². The number of halogens is 3. The molecule has 0 aromatic carbocycles. The zero-order valence-corrected chi connectivity index (χ0v) is 14.1. The number of piperidine rings is 1. The second kappa shape index (κ2) is 7.40. The number of aryl methyl sites for hydroxylation is 1. The largest absolute Gasteiger partial charge is 0.451 e. The van der Waals surface area contributed by atoms with Crippen LogP contribution in [0, 0.1) is 12.8 Å². The minimum Gasteiger partial charge on any atom is -0.349 e. The molecule has 26 heavy (non-hydrogen) atoms. The van der Waals surface area contributed by atoms with Crippen molar-refractivity contribution in [3.63, 3.8) is 0 Å². The van der Waals surface area contributed by atoms with Crippen LogP contribution >= 0.6 is 0 Å². The number of nitrogens with zero attached hydrogens (tertiary/aromatic N) is 5. The fourth-order valence-electron chi connectivity index (χ4n) is 2.79. The Morgan fingerprint density at radius 2 is 2.19 bits per heavy atom. The fourth-order valence-corrected chi connectivity index (χ4v) is 2.79. The van der Waals surface area contributed by atoms with Gasteiger partial charge in [-0.1, -0.05) is 0 Å². The third-order valence-corrected chi connectivity index (χ3v) is 4.14. The molecule has 0 radical (unpaired) electrons. The highest BCUT2D eigenvalue weighted by atomic mass is 19.4. The van der Waals surface area contributed by atoms with Gasteiger partial charge in [-0.25, -0.2) is 4.98 Å². The number of H-pyrrole nitrogens is 1. The summed E-state index contributed by atoms with van der Waals surface area (Å²) < 4.78 is 38.8. The predicted octanol–water partition coefficient (Wildman–Crippen LogP) is 0.832. The molecule has 3 rings (SSSR count). The number of hydrogen-bond donors (Lipinski definition) is 3. The Hall–Kier alpha value is -2.50. The third-order valence-electron chi connectivity index (χ3n) is 4.14. The van der Waals surface area contributed by atoms with Crippen LogP contribution in [0.15, 0.2) is 0 Å². The lowest BCUT2D eigenvalue weighted by atomic mass is 9.96. The lowest BCUT2D eigenvalue weighted by molar-refractivity contribution is -0.144. The molecule has 0 bridgehead atoms. The van der Waals surface area contributed by atoms with Crippen LogP contribution in [-0.2, 0) is 6.18 Å². The molecule has 3 heterocycles. The van der Waals surface area contributed by atoms with Crippen molar-refractivity contribution in [3.8, 4) is 5.95 Å². The summed E-state index contributed by atoms with van der Waals surface area (Å²) >= 11 is 0. The molecule has 12 heteroatoms. The van der Waals surface area contributed by atoms with Gasteiger partial charge in [0.15, 0.2) is 0 Å². The van der Waals surface area contributed by atoms with E-state index in [9.17, 15) is 18.0 Å². The Balaban J connectivity index is 1.61. The van der Waals surface area contributed by atoms with Gasteiger partial charge in [-0.3, -0.25) is 9.89 Å². The van der Waals surface area contributed by atoms with E-state index in [4.69, 9.17) is 0 Å². The molecule has 0 saturated carbocycles. The molecule has 1 aliphatic rings. The molecular formula is C14H19F3N8O. The van der Waals surface area contributed by atoms with Crippen LogP contribution < -0.4 is 10.6 Å². The first kappa shape index (κ1) is 18.3. The summed E-state index contributed by atoms with van der Waals surface area (Å²) in [7, 11) is 0. The highest BCUT2D eigenvalue weighted by molar-refractivity contribution is 5.90. The Bertz CT molecular complexity index is 763. The second-order valence-electron chi connectivity index (χ2n) is 6.13. The van der Waals surface area contributed by atoms with Crippen molar-refractivity contribution >= 4 is 5.91 Å². The Labute approximate surface area is 146 Å². The minimum absolute atomic E-state index is 0.136. The van der Waals surface area contributed by atoms with Crippen molar-refractivity contribution in [2.75, 3.05) is 19.6 Å². The molecule has 2 aromatic heterocycles. The molecule has 1 aliphatic heterocycles. The lowest BCUT2D eigenvalue weighted by Gasteiger charge is -2.22. The molecule has 9 nitrogen and oxygen atoms in total. The number of rotatable bonds is 5. The van der Waals surface area contributed by atoms with E-state index in [2.05, 4.69) is 30.8 Å². The van der Waals surface area contributed by atoms with Crippen molar-refractivity contribution in [1.29, 1.82) is 0 Å². The molecule has 0 aliphatic carbocycles. The number of carbonyl (C=O) groups excluding carboxylic acids is 1. The molecule has 142 valence electrons. The maximum atomic E-state index is 12.6. The van der Waals surface area contributed by atoms with Crippen LogP contribution in [0.1, 0.15) is 41.5 Å². The van der Waals surface area contributed by atoms with Crippen molar-refractivity contribution in [2.24, 2.45) is 5.92 Å². The smallest absolute Gasteiger partial charge is 0.349 e. The third kappa shape index (κ3) is 4.18. The molecule has 1 atom stereocenters. The topological polar surface area (TPSA) is 113 Å². The summed E-state index contributed by atoms with van der Waals surface area (Å²) in [6.07, 6.45) is -1.55. The van der Waals surface area contributed by atoms with Gasteiger partial charge in [-0.15, -0.1) is 10.2 Å². The highest BCUT2D eigenvalue weighted by Crippen LogP contribution is 2.26. The van der Waals surface area contributed by atoms with Crippen LogP contribution in [0.2, 0.25) is 0 Å². The summed E-state index contributed by atoms with van der Waals surface area (Å²) in [6.45, 7) is 3.95. The van der Waals surface area contributed by atoms with Crippen LogP contribution in [-0.4, -0.2) is 55.5 Å². The summed E-state index contributed by atoms with van der Waals surface area (Å²) in [4.78, 5) is 19.5. The number of hydrogen-bond acceptors (Lipinski definition) is 6. The van der Waals surface area contributed by atoms with E-state index in [1.807, 2.05) is 0 Å². The molecule has 1 saturated heterocycles. The zero-order valence-electron chi connectivity index (χ0n) is 14.1. The summed E-state index contributed by atoms with van der Waals surface area (Å²) in [5.74, 6) is -1.46. The molecule has 2 aromatic rings. The van der Waals surface area contributed by atoms with Crippen molar-refractivity contribution in [2.45, 2.75) is 32.4 Å². The first-order valence-electron chi connectivity index (χ1n) is 8.27. The monoisotopic (exact) mass is 372 g/mol. The van der Waals surface area contributed by atoms with Gasteiger partial charge in [0.1, 0.15) is 5.82 Å². The van der Waals surface area contributed by atoms with Crippen molar-refractivity contribution in [3.05, 3.63) is 17.5 Å². The van der Waals surface area contributed by atoms with E-state index in [0.717, 1.165) is 37.0 Å². The lowest BCUT2D eigenvalue weighted by Crippen LogP contribution is -2.33. The van der Waals surface area contributed by atoms with E-state index in [0.29, 0.717) is 12.5 Å². The van der Waals surface area contributed by atoms with Crippen molar-refractivity contribution < 1.29 is 18.0 Å². The zero-order chi connectivity index (χ0) is 18.7. The molecule has 1 unspecified atom stereocenters. The number of aromatic nitrogens is 6. The van der Waals surface area contributed by atoms with E-state index in [1.54, 1.807) is 5.10 Å². The Morgan fingerprint density at radius 1 is 1.38 bits per heavy atom. The number of nitrogens with one attached hydrogen (secondary N) is 3. The average Bonchev–Trinajstić information content (AvgIpc) is 3.22. The maximum Gasteiger partial charge on any atom is 0.451 e. The van der Waals surface area contributed by atoms with E-state index >= 15 is 0 Å². The van der Waals surface area contributed by atoms with Crippen LogP contribution in [0.4, 0.5) is 13.2 Å². The molecule has 1 fully saturated rings. The SMILES string of the molecule is Cc1nc(C(=O)NCCC2CCCNC2)nn1-c1n[nH]c(C(F)(F)F)n1. The standard InChI is InChI=1S/C14H19F3N8O/c1-8-20-10(11(26)19-6-4-9-3-2-5-18-7-9)24-25(8)13-21-12(22-23-13)14(15,16)17/h9,18H,2-7H2,1H3,(H,19,26)(H,21,22,23). The van der Waals surface area contributed by atoms with Crippen LogP contribution in [0.25, 0.3) is 5.95 Å². The predicted molar refractivity (Wildman–Crippen MR) is 83.6 cm³/mol. The van der Waals surface area contributed by atoms with Gasteiger partial charge in [0.05, 0.1) is 0 Å². The number of amides is 1. The number of aromatic amines is 1. The van der Waals surface area contributed by atoms with E-state index in [1.165, 1.54) is 6.92 Å². The van der Waals surface area contributed by atoms with Gasteiger partial charge in [0, 0.05) is 6.54 Å². The maximum absolute atomic E-state index is 12.6. The quantitative estimate of drug-likeness (QED) is 0.717. The average molecular weight is 372 g/mol. The van der Waals surface area contributed by atoms with Gasteiger partial charge in [-0.05, 0) is 45.2 Å². The normalized spacial score (nSPS) is 18.1. The fraction of sp³-hybridized carbons (Fsp3) is 0.643. The summed E-state index contributed by atoms with van der Waals surface area (Å²) in [6, 6.07) is 0. The second-order valence-corrected chi connectivity index (χ2v) is 6.13. The highest BCUT2D eigenvalue weighted by Gasteiger charge is 2.35.